The molecule has 2 aliphatic heterocycles. The average molecular weight is 1010 g/mol. The topological polar surface area (TPSA) is 387 Å². The number of carboxylic acid groups (broad SMARTS) is 1. The van der Waals surface area contributed by atoms with E-state index in [0.717, 1.165) is 17.3 Å². The van der Waals surface area contributed by atoms with Gasteiger partial charge in [0.05, 0.1) is 25.7 Å². The van der Waals surface area contributed by atoms with Crippen molar-refractivity contribution in [1.29, 1.82) is 0 Å². The zero-order chi connectivity index (χ0) is 52.9. The molecule has 396 valence electrons. The number of hydrogen-bond donors (Lipinski definition) is 13. The minimum Gasteiger partial charge on any atom is -0.480 e. The Balaban J connectivity index is 1.36. The van der Waals surface area contributed by atoms with Crippen molar-refractivity contribution in [2.75, 3.05) is 39.3 Å². The predicted molar refractivity (Wildman–Crippen MR) is 261 cm³/mol. The lowest BCUT2D eigenvalue weighted by Crippen LogP contribution is -2.57. The molecule has 1 aromatic carbocycles. The van der Waals surface area contributed by atoms with Crippen LogP contribution in [-0.2, 0) is 59.2 Å². The third-order valence-corrected chi connectivity index (χ3v) is 12.2. The number of aliphatic carboxylic acids is 1. The summed E-state index contributed by atoms with van der Waals surface area (Å²) in [5.41, 5.74) is 12.2. The number of carbonyl (C=O) groups excluding carboxylic acids is 10. The molecule has 7 atom stereocenters. The number of aromatic nitrogens is 1. The Kier molecular flexibility index (Phi) is 22.8. The first kappa shape index (κ1) is 57.4. The van der Waals surface area contributed by atoms with Crippen LogP contribution in [0.25, 0.3) is 10.9 Å². The predicted octanol–water partition coefficient (Wildman–Crippen LogP) is -3.23. The summed E-state index contributed by atoms with van der Waals surface area (Å²) in [6.07, 6.45) is 4.55. The first-order valence-corrected chi connectivity index (χ1v) is 24.4. The van der Waals surface area contributed by atoms with Crippen LogP contribution < -0.4 is 59.3 Å². The number of likely N-dealkylation sites (tertiary alicyclic amines) is 1. The Morgan fingerprint density at radius 1 is 0.722 bits per heavy atom. The Labute approximate surface area is 417 Å². The lowest BCUT2D eigenvalue weighted by Gasteiger charge is -2.26. The van der Waals surface area contributed by atoms with Crippen LogP contribution in [0.1, 0.15) is 90.5 Å². The number of aromatic amines is 1. The molecule has 0 aliphatic carbocycles. The van der Waals surface area contributed by atoms with Gasteiger partial charge < -0.3 is 74.3 Å². The number of nitrogens with zero attached hydrogens (tertiary/aromatic N) is 1. The molecule has 10 amide bonds. The van der Waals surface area contributed by atoms with E-state index in [1.807, 2.05) is 12.1 Å². The number of carboxylic acids is 1. The Bertz CT molecular complexity index is 2260. The highest BCUT2D eigenvalue weighted by Gasteiger charge is 2.36. The maximum Gasteiger partial charge on any atom is 0.326 e. The second kappa shape index (κ2) is 28.6. The number of carbonyl (C=O) groups is 11. The number of benzene rings is 1. The zero-order valence-electron chi connectivity index (χ0n) is 41.1. The van der Waals surface area contributed by atoms with Gasteiger partial charge in [-0.2, -0.15) is 0 Å². The van der Waals surface area contributed by atoms with E-state index in [-0.39, 0.29) is 50.5 Å². The van der Waals surface area contributed by atoms with Gasteiger partial charge in [0.15, 0.2) is 0 Å². The summed E-state index contributed by atoms with van der Waals surface area (Å²) in [6, 6.07) is -0.416. The highest BCUT2D eigenvalue weighted by Crippen LogP contribution is 2.20. The fourth-order valence-corrected chi connectivity index (χ4v) is 8.39. The van der Waals surface area contributed by atoms with E-state index < -0.39 is 121 Å². The molecule has 0 saturated carbocycles. The quantitative estimate of drug-likeness (QED) is 0.0357. The SMILES string of the molecule is CC(C)C[C@H](NC(=O)CNC(=O)[C@H](Cc1c[nH]c2ccccc12)NC(=O)C(CCC(N)=O)NC(=O)CNC(=O)[C@@H]1CCCN1)C(=O)N[C@@H](C)C(=O)NCC(=O)N1CCC[C@H]1C(=O)N[C@@H](CCCCN)C(=O)O. The van der Waals surface area contributed by atoms with Crippen molar-refractivity contribution in [2.45, 2.75) is 134 Å². The van der Waals surface area contributed by atoms with Gasteiger partial charge in [0.1, 0.15) is 36.3 Å². The largest absolute Gasteiger partial charge is 0.480 e. The fourth-order valence-electron chi connectivity index (χ4n) is 8.39. The maximum atomic E-state index is 13.9. The van der Waals surface area contributed by atoms with Crippen LogP contribution in [0.15, 0.2) is 30.5 Å². The summed E-state index contributed by atoms with van der Waals surface area (Å²) in [5.74, 6) is -8.37. The van der Waals surface area contributed by atoms with E-state index >= 15 is 0 Å². The Morgan fingerprint density at radius 3 is 2.07 bits per heavy atom. The van der Waals surface area contributed by atoms with Gasteiger partial charge in [-0.3, -0.25) is 47.9 Å². The summed E-state index contributed by atoms with van der Waals surface area (Å²) >= 11 is 0. The molecule has 25 nitrogen and oxygen atoms in total. The molecule has 2 saturated heterocycles. The molecule has 72 heavy (non-hydrogen) atoms. The summed E-state index contributed by atoms with van der Waals surface area (Å²) in [5, 5.41) is 33.6. The number of H-pyrrole nitrogens is 1. The van der Waals surface area contributed by atoms with Crippen LogP contribution in [-0.4, -0.2) is 162 Å². The number of fused-ring (bicyclic) bond motifs is 1. The van der Waals surface area contributed by atoms with Crippen molar-refractivity contribution in [3.8, 4) is 0 Å². The molecular formula is C47H71N13O12. The molecule has 2 aliphatic rings. The minimum absolute atomic E-state index is 0.0921. The average Bonchev–Trinajstić information content (AvgIpc) is 4.15. The number of primary amides is 1. The van der Waals surface area contributed by atoms with E-state index in [1.54, 1.807) is 32.2 Å². The maximum absolute atomic E-state index is 13.9. The lowest BCUT2D eigenvalue weighted by molar-refractivity contribution is -0.144. The van der Waals surface area contributed by atoms with E-state index in [2.05, 4.69) is 52.8 Å². The molecule has 0 radical (unpaired) electrons. The first-order chi connectivity index (χ1) is 34.3. The number of unbranched alkanes of at least 4 members (excludes halogenated alkanes) is 1. The molecular weight excluding hydrogens is 939 g/mol. The number of nitrogens with one attached hydrogen (secondary N) is 10. The van der Waals surface area contributed by atoms with Crippen LogP contribution in [0.4, 0.5) is 0 Å². The molecule has 25 heteroatoms. The molecule has 15 N–H and O–H groups in total. The van der Waals surface area contributed by atoms with Gasteiger partial charge in [0.25, 0.3) is 0 Å². The smallest absolute Gasteiger partial charge is 0.326 e. The second-order valence-electron chi connectivity index (χ2n) is 18.5. The van der Waals surface area contributed by atoms with Crippen molar-refractivity contribution in [1.82, 2.24) is 57.7 Å². The molecule has 2 fully saturated rings. The number of para-hydroxylation sites is 1. The zero-order valence-corrected chi connectivity index (χ0v) is 41.1. The number of hydrogen-bond acceptors (Lipinski definition) is 13. The van der Waals surface area contributed by atoms with E-state index in [1.165, 1.54) is 11.8 Å². The summed E-state index contributed by atoms with van der Waals surface area (Å²) in [6.45, 7) is 4.57. The highest BCUT2D eigenvalue weighted by atomic mass is 16.4. The van der Waals surface area contributed by atoms with Crippen LogP contribution in [0.5, 0.6) is 0 Å². The molecule has 1 unspecified atom stereocenters. The fraction of sp³-hybridized carbons (Fsp3) is 0.596. The van der Waals surface area contributed by atoms with Crippen LogP contribution >= 0.6 is 0 Å². The third kappa shape index (κ3) is 18.2. The van der Waals surface area contributed by atoms with Gasteiger partial charge >= 0.3 is 5.97 Å². The highest BCUT2D eigenvalue weighted by molar-refractivity contribution is 5.97. The number of rotatable bonds is 29. The van der Waals surface area contributed by atoms with E-state index in [9.17, 15) is 57.8 Å². The third-order valence-electron chi connectivity index (χ3n) is 12.2. The molecule has 1 aromatic heterocycles. The van der Waals surface area contributed by atoms with Crippen LogP contribution in [0.2, 0.25) is 0 Å². The van der Waals surface area contributed by atoms with Gasteiger partial charge in [-0.25, -0.2) is 4.79 Å². The van der Waals surface area contributed by atoms with Crippen LogP contribution in [0, 0.1) is 5.92 Å². The molecule has 3 heterocycles. The molecule has 4 rings (SSSR count). The second-order valence-corrected chi connectivity index (χ2v) is 18.5. The van der Waals surface area contributed by atoms with E-state index in [4.69, 9.17) is 11.5 Å². The van der Waals surface area contributed by atoms with Gasteiger partial charge in [0.2, 0.25) is 59.1 Å². The number of amides is 10. The first-order valence-electron chi connectivity index (χ1n) is 24.4. The Hall–Kier alpha value is -7.15. The summed E-state index contributed by atoms with van der Waals surface area (Å²) in [4.78, 5) is 147. The van der Waals surface area contributed by atoms with Crippen molar-refractivity contribution in [3.05, 3.63) is 36.0 Å². The van der Waals surface area contributed by atoms with Crippen molar-refractivity contribution in [2.24, 2.45) is 17.4 Å². The minimum atomic E-state index is -1.36. The van der Waals surface area contributed by atoms with Crippen molar-refractivity contribution in [3.63, 3.8) is 0 Å². The standard InChI is InChI=1S/C47H71N13O12/c1-26(2)20-34(45(69)55-27(3)41(65)54-25-40(64)60-19-9-14-36(60)46(70)58-33(47(71)72)12-6-7-17-48)57-39(63)24-53-43(67)35(21-28-22-51-30-11-5-4-10-29(28)30)59-44(68)32(15-16-37(49)61)56-38(62)23-52-42(66)31-13-8-18-50-31/h4-5,10-11,22,26-27,31-36,50-51H,6-9,12-21,23-25,48H2,1-3H3,(H2,49,61)(H,52,66)(H,53,67)(H,54,65)(H,55,69)(H,56,62)(H,57,63)(H,58,70)(H,59,68)(H,71,72)/t27-,31-,32?,33-,34-,35-,36-/m0/s1. The molecule has 2 aromatic rings. The normalized spacial score (nSPS) is 17.4. The van der Waals surface area contributed by atoms with Gasteiger partial charge in [0, 0.05) is 36.5 Å². The van der Waals surface area contributed by atoms with Crippen molar-refractivity contribution >= 4 is 75.9 Å². The van der Waals surface area contributed by atoms with Gasteiger partial charge in [-0.05, 0) is 95.3 Å². The molecule has 0 bridgehead atoms. The molecule has 0 spiro atoms. The summed E-state index contributed by atoms with van der Waals surface area (Å²) in [7, 11) is 0. The van der Waals surface area contributed by atoms with Crippen molar-refractivity contribution < 1.29 is 57.8 Å². The Morgan fingerprint density at radius 2 is 1.40 bits per heavy atom. The lowest BCUT2D eigenvalue weighted by atomic mass is 10.0. The number of nitrogens with two attached hydrogens (primary N) is 2. The van der Waals surface area contributed by atoms with Gasteiger partial charge in [-0.15, -0.1) is 0 Å². The van der Waals surface area contributed by atoms with E-state index in [0.29, 0.717) is 50.8 Å². The van der Waals surface area contributed by atoms with Crippen LogP contribution in [0.3, 0.4) is 0 Å². The summed E-state index contributed by atoms with van der Waals surface area (Å²) < 4.78 is 0. The monoisotopic (exact) mass is 1010 g/mol. The van der Waals surface area contributed by atoms with Gasteiger partial charge in [-0.1, -0.05) is 32.0 Å².